The summed E-state index contributed by atoms with van der Waals surface area (Å²) in [6.07, 6.45) is 0. The average Bonchev–Trinajstić information content (AvgIpc) is 2.75. The van der Waals surface area contributed by atoms with E-state index in [0.717, 1.165) is 37.5 Å². The highest BCUT2D eigenvalue weighted by molar-refractivity contribution is 6.39. The number of hydrogen-bond donors (Lipinski definition) is 4. The van der Waals surface area contributed by atoms with Gasteiger partial charge in [0, 0.05) is 11.3 Å². The molecule has 8 heteroatoms. The van der Waals surface area contributed by atoms with Gasteiger partial charge < -0.3 is 25.2 Å². The Kier molecular flexibility index (Phi) is 7.37. The number of piperazine rings is 1. The van der Waals surface area contributed by atoms with Gasteiger partial charge in [-0.15, -0.1) is 0 Å². The fraction of sp³-hybridized carbons (Fsp3) is 0.364. The summed E-state index contributed by atoms with van der Waals surface area (Å²) in [4.78, 5) is 27.4. The van der Waals surface area contributed by atoms with Crippen molar-refractivity contribution in [2.45, 2.75) is 6.04 Å². The minimum absolute atomic E-state index is 0.0231. The van der Waals surface area contributed by atoms with Crippen LogP contribution in [-0.4, -0.2) is 58.7 Å². The molecule has 4 N–H and O–H groups in total. The van der Waals surface area contributed by atoms with E-state index in [4.69, 9.17) is 4.74 Å². The second-order valence-electron chi connectivity index (χ2n) is 7.62. The number of hydrogen-bond acceptors (Lipinski definition) is 3. The minimum atomic E-state index is -0.813. The fourth-order valence-electron chi connectivity index (χ4n) is 3.71. The van der Waals surface area contributed by atoms with E-state index >= 15 is 0 Å². The maximum absolute atomic E-state index is 13.3. The number of quaternary nitrogens is 2. The largest absolute Gasteiger partial charge is 0.497 e. The van der Waals surface area contributed by atoms with Crippen LogP contribution in [0.3, 0.4) is 0 Å². The summed E-state index contributed by atoms with van der Waals surface area (Å²) in [5.74, 6) is -1.26. The Morgan fingerprint density at radius 1 is 1.07 bits per heavy atom. The molecule has 1 saturated heterocycles. The monoisotopic (exact) mass is 416 g/mol. The van der Waals surface area contributed by atoms with Gasteiger partial charge in [0.05, 0.1) is 20.7 Å². The third-order valence-corrected chi connectivity index (χ3v) is 5.51. The maximum Gasteiger partial charge on any atom is 0.313 e. The molecule has 1 atom stereocenters. The Balaban J connectivity index is 1.66. The van der Waals surface area contributed by atoms with E-state index in [1.165, 1.54) is 34.1 Å². The van der Waals surface area contributed by atoms with Crippen molar-refractivity contribution in [2.24, 2.45) is 0 Å². The van der Waals surface area contributed by atoms with E-state index < -0.39 is 17.6 Å². The molecule has 7 nitrogen and oxygen atoms in total. The number of amides is 2. The molecule has 1 aliphatic heterocycles. The standard InChI is InChI=1S/C22H27FN4O3/c1-26-10-12-27(13-11-26)20(16-6-8-19(30-2)9-7-16)15-24-21(28)22(29)25-18-5-3-4-17(23)14-18/h3-9,14,20H,10-13,15H2,1-2H3,(H,24,28)(H,25,29)/p+2/t20-/m0/s1. The number of anilines is 1. The lowest BCUT2D eigenvalue weighted by Crippen LogP contribution is -3.27. The molecule has 1 fully saturated rings. The average molecular weight is 416 g/mol. The van der Waals surface area contributed by atoms with Crippen LogP contribution in [0.15, 0.2) is 48.5 Å². The van der Waals surface area contributed by atoms with E-state index in [9.17, 15) is 14.0 Å². The molecule has 0 aliphatic carbocycles. The summed E-state index contributed by atoms with van der Waals surface area (Å²) in [6.45, 7) is 4.39. The molecular formula is C22H29FN4O3+2. The molecule has 0 unspecified atom stereocenters. The highest BCUT2D eigenvalue weighted by Gasteiger charge is 2.30. The van der Waals surface area contributed by atoms with Gasteiger partial charge in [-0.05, 0) is 42.5 Å². The predicted molar refractivity (Wildman–Crippen MR) is 111 cm³/mol. The lowest BCUT2D eigenvalue weighted by atomic mass is 10.0. The molecule has 0 bridgehead atoms. The Morgan fingerprint density at radius 2 is 1.77 bits per heavy atom. The van der Waals surface area contributed by atoms with Crippen molar-refractivity contribution in [1.29, 1.82) is 0 Å². The maximum atomic E-state index is 13.3. The van der Waals surface area contributed by atoms with Crippen LogP contribution < -0.4 is 25.2 Å². The van der Waals surface area contributed by atoms with Crippen molar-refractivity contribution in [1.82, 2.24) is 5.32 Å². The van der Waals surface area contributed by atoms with Crippen molar-refractivity contribution >= 4 is 17.5 Å². The van der Waals surface area contributed by atoms with E-state index in [1.807, 2.05) is 24.3 Å². The highest BCUT2D eigenvalue weighted by atomic mass is 19.1. The predicted octanol–water partition coefficient (Wildman–Crippen LogP) is -0.956. The van der Waals surface area contributed by atoms with Crippen LogP contribution in [-0.2, 0) is 9.59 Å². The Morgan fingerprint density at radius 3 is 2.40 bits per heavy atom. The number of halogens is 1. The van der Waals surface area contributed by atoms with Crippen molar-refractivity contribution in [3.8, 4) is 5.75 Å². The fourth-order valence-corrected chi connectivity index (χ4v) is 3.71. The quantitative estimate of drug-likeness (QED) is 0.459. The van der Waals surface area contributed by atoms with Crippen molar-refractivity contribution in [3.63, 3.8) is 0 Å². The molecule has 1 heterocycles. The van der Waals surface area contributed by atoms with E-state index in [0.29, 0.717) is 6.54 Å². The molecule has 2 aromatic carbocycles. The third-order valence-electron chi connectivity index (χ3n) is 5.51. The van der Waals surface area contributed by atoms with Gasteiger partial charge in [-0.3, -0.25) is 9.59 Å². The molecule has 1 aliphatic rings. The first-order valence-corrected chi connectivity index (χ1v) is 10.1. The number of carbonyl (C=O) groups excluding carboxylic acids is 2. The summed E-state index contributed by atoms with van der Waals surface area (Å²) in [5, 5.41) is 5.18. The van der Waals surface area contributed by atoms with Gasteiger partial charge in [-0.1, -0.05) is 6.07 Å². The second-order valence-corrected chi connectivity index (χ2v) is 7.62. The van der Waals surface area contributed by atoms with Gasteiger partial charge in [0.15, 0.2) is 0 Å². The summed E-state index contributed by atoms with van der Waals surface area (Å²) >= 11 is 0. The first kappa shape index (κ1) is 21.7. The third kappa shape index (κ3) is 5.77. The molecule has 0 aromatic heterocycles. The van der Waals surface area contributed by atoms with Crippen LogP contribution >= 0.6 is 0 Å². The Hall–Kier alpha value is -2.97. The lowest BCUT2D eigenvalue weighted by Gasteiger charge is -2.33. The number of benzene rings is 2. The van der Waals surface area contributed by atoms with Gasteiger partial charge in [0.2, 0.25) is 0 Å². The van der Waals surface area contributed by atoms with Crippen molar-refractivity contribution in [2.75, 3.05) is 52.2 Å². The van der Waals surface area contributed by atoms with Gasteiger partial charge >= 0.3 is 11.8 Å². The summed E-state index contributed by atoms with van der Waals surface area (Å²) in [7, 11) is 3.80. The molecule has 160 valence electrons. The van der Waals surface area contributed by atoms with Gasteiger partial charge in [0.1, 0.15) is 43.8 Å². The van der Waals surface area contributed by atoms with Crippen LogP contribution in [0.5, 0.6) is 5.75 Å². The van der Waals surface area contributed by atoms with E-state index in [-0.39, 0.29) is 11.7 Å². The smallest absolute Gasteiger partial charge is 0.313 e. The SMILES string of the molecule is COc1ccc([C@H](CNC(=O)C(=O)Nc2cccc(F)c2)[NH+]2CC[NH+](C)CC2)cc1. The van der Waals surface area contributed by atoms with Gasteiger partial charge in [0.25, 0.3) is 0 Å². The van der Waals surface area contributed by atoms with Crippen LogP contribution in [0.1, 0.15) is 11.6 Å². The molecule has 0 spiro atoms. The summed E-state index contributed by atoms with van der Waals surface area (Å²) in [5.41, 5.74) is 1.32. The number of ether oxygens (including phenoxy) is 1. The number of methoxy groups -OCH3 is 1. The number of rotatable bonds is 6. The zero-order valence-electron chi connectivity index (χ0n) is 17.3. The molecule has 2 aromatic rings. The highest BCUT2D eigenvalue weighted by Crippen LogP contribution is 2.16. The lowest BCUT2D eigenvalue weighted by molar-refractivity contribution is -1.02. The zero-order chi connectivity index (χ0) is 21.5. The zero-order valence-corrected chi connectivity index (χ0v) is 17.3. The molecule has 0 radical (unpaired) electrons. The molecular weight excluding hydrogens is 387 g/mol. The van der Waals surface area contributed by atoms with Crippen molar-refractivity contribution < 1.29 is 28.5 Å². The topological polar surface area (TPSA) is 76.3 Å². The van der Waals surface area contributed by atoms with Crippen LogP contribution in [0.4, 0.5) is 10.1 Å². The molecule has 3 rings (SSSR count). The summed E-state index contributed by atoms with van der Waals surface area (Å²) in [6, 6.07) is 13.3. The van der Waals surface area contributed by atoms with Gasteiger partial charge in [-0.2, -0.15) is 0 Å². The number of likely N-dealkylation sites (N-methyl/N-ethyl adjacent to an activating group) is 1. The number of carbonyl (C=O) groups is 2. The van der Waals surface area contributed by atoms with Crippen LogP contribution in [0, 0.1) is 5.82 Å². The molecule has 30 heavy (non-hydrogen) atoms. The van der Waals surface area contributed by atoms with E-state index in [1.54, 1.807) is 7.11 Å². The van der Waals surface area contributed by atoms with Gasteiger partial charge in [-0.25, -0.2) is 4.39 Å². The summed E-state index contributed by atoms with van der Waals surface area (Å²) < 4.78 is 18.5. The van der Waals surface area contributed by atoms with Crippen LogP contribution in [0.2, 0.25) is 0 Å². The first-order valence-electron chi connectivity index (χ1n) is 10.1. The number of nitrogens with one attached hydrogen (secondary N) is 4. The minimum Gasteiger partial charge on any atom is -0.497 e. The Bertz CT molecular complexity index is 867. The second kappa shape index (κ2) is 10.2. The van der Waals surface area contributed by atoms with Crippen molar-refractivity contribution in [3.05, 3.63) is 59.9 Å². The normalized spacial score (nSPS) is 19.6. The van der Waals surface area contributed by atoms with E-state index in [2.05, 4.69) is 17.7 Å². The van der Waals surface area contributed by atoms with Crippen LogP contribution in [0.25, 0.3) is 0 Å². The first-order chi connectivity index (χ1) is 14.5. The molecule has 0 saturated carbocycles. The molecule has 2 amide bonds. The Labute approximate surface area is 175 Å².